The normalized spacial score (nSPS) is 20.1. The third-order valence-electron chi connectivity index (χ3n) is 2.82. The summed E-state index contributed by atoms with van der Waals surface area (Å²) in [7, 11) is 1.89. The highest BCUT2D eigenvalue weighted by Gasteiger charge is 2.39. The van der Waals surface area contributed by atoms with Crippen LogP contribution < -0.4 is 10.6 Å². The summed E-state index contributed by atoms with van der Waals surface area (Å²) in [4.78, 5) is 11.2. The van der Waals surface area contributed by atoms with Crippen molar-refractivity contribution in [3.8, 4) is 0 Å². The van der Waals surface area contributed by atoms with E-state index in [0.717, 1.165) is 19.5 Å². The van der Waals surface area contributed by atoms with Crippen LogP contribution in [-0.4, -0.2) is 50.0 Å². The number of aliphatic carboxylic acids is 1. The van der Waals surface area contributed by atoms with Crippen molar-refractivity contribution in [3.05, 3.63) is 0 Å². The first-order valence-electron chi connectivity index (χ1n) is 5.42. The maximum atomic E-state index is 11.2. The molecule has 1 rings (SSSR count). The van der Waals surface area contributed by atoms with Crippen LogP contribution in [0.2, 0.25) is 0 Å². The molecule has 1 aliphatic heterocycles. The molecule has 0 amide bonds. The molecule has 0 aliphatic carbocycles. The topological polar surface area (TPSA) is 70.6 Å². The van der Waals surface area contributed by atoms with Crippen LogP contribution in [-0.2, 0) is 9.53 Å². The smallest absolute Gasteiger partial charge is 0.324 e. The molecule has 5 nitrogen and oxygen atoms in total. The summed E-state index contributed by atoms with van der Waals surface area (Å²) < 4.78 is 5.19. The van der Waals surface area contributed by atoms with Crippen LogP contribution >= 0.6 is 0 Å². The van der Waals surface area contributed by atoms with Crippen molar-refractivity contribution in [2.24, 2.45) is 0 Å². The van der Waals surface area contributed by atoms with Gasteiger partial charge in [0.1, 0.15) is 5.54 Å². The summed E-state index contributed by atoms with van der Waals surface area (Å²) >= 11 is 0. The van der Waals surface area contributed by atoms with Crippen molar-refractivity contribution in [2.75, 3.05) is 33.4 Å². The molecule has 0 radical (unpaired) electrons. The van der Waals surface area contributed by atoms with Gasteiger partial charge in [0.25, 0.3) is 0 Å². The van der Waals surface area contributed by atoms with E-state index < -0.39 is 11.5 Å². The number of carboxylic acid groups (broad SMARTS) is 1. The third kappa shape index (κ3) is 3.44. The van der Waals surface area contributed by atoms with Crippen molar-refractivity contribution < 1.29 is 14.6 Å². The Kier molecular flexibility index (Phi) is 5.01. The number of carboxylic acids is 1. The van der Waals surface area contributed by atoms with Gasteiger partial charge in [-0.2, -0.15) is 0 Å². The lowest BCUT2D eigenvalue weighted by atomic mass is 9.90. The Morgan fingerprint density at radius 1 is 1.40 bits per heavy atom. The SMILES string of the molecule is CNCCCNC1(C(=O)O)CCOCC1. The molecule has 88 valence electrons. The van der Waals surface area contributed by atoms with E-state index in [4.69, 9.17) is 4.74 Å². The van der Waals surface area contributed by atoms with E-state index in [1.165, 1.54) is 0 Å². The number of ether oxygens (including phenoxy) is 1. The number of rotatable bonds is 6. The summed E-state index contributed by atoms with van der Waals surface area (Å²) in [5.41, 5.74) is -0.758. The Labute approximate surface area is 90.2 Å². The summed E-state index contributed by atoms with van der Waals surface area (Å²) in [6, 6.07) is 0. The number of hydrogen-bond acceptors (Lipinski definition) is 4. The first-order valence-corrected chi connectivity index (χ1v) is 5.42. The molecule has 0 aromatic heterocycles. The van der Waals surface area contributed by atoms with Crippen molar-refractivity contribution in [1.82, 2.24) is 10.6 Å². The van der Waals surface area contributed by atoms with E-state index in [2.05, 4.69) is 10.6 Å². The molecule has 0 aromatic rings. The first-order chi connectivity index (χ1) is 7.21. The van der Waals surface area contributed by atoms with Gasteiger partial charge >= 0.3 is 5.97 Å². The Bertz CT molecular complexity index is 203. The zero-order valence-corrected chi connectivity index (χ0v) is 9.21. The predicted octanol–water partition coefficient (Wildman–Crippen LogP) is -0.181. The van der Waals surface area contributed by atoms with E-state index in [1.54, 1.807) is 0 Å². The monoisotopic (exact) mass is 216 g/mol. The molecule has 0 bridgehead atoms. The van der Waals surface area contributed by atoms with Crippen LogP contribution in [0.15, 0.2) is 0 Å². The largest absolute Gasteiger partial charge is 0.480 e. The second kappa shape index (κ2) is 6.05. The Morgan fingerprint density at radius 2 is 2.07 bits per heavy atom. The molecule has 15 heavy (non-hydrogen) atoms. The molecule has 0 aromatic carbocycles. The van der Waals surface area contributed by atoms with Gasteiger partial charge in [-0.15, -0.1) is 0 Å². The third-order valence-corrected chi connectivity index (χ3v) is 2.82. The fraction of sp³-hybridized carbons (Fsp3) is 0.900. The molecule has 0 atom stereocenters. The fourth-order valence-electron chi connectivity index (χ4n) is 1.78. The van der Waals surface area contributed by atoms with Gasteiger partial charge in [0, 0.05) is 13.2 Å². The molecule has 1 fully saturated rings. The van der Waals surface area contributed by atoms with Crippen LogP contribution in [0.3, 0.4) is 0 Å². The first kappa shape index (κ1) is 12.4. The van der Waals surface area contributed by atoms with Gasteiger partial charge in [-0.3, -0.25) is 4.79 Å². The van der Waals surface area contributed by atoms with Gasteiger partial charge < -0.3 is 20.5 Å². The molecular formula is C10H20N2O3. The average Bonchev–Trinajstić information content (AvgIpc) is 2.26. The van der Waals surface area contributed by atoms with E-state index in [1.807, 2.05) is 7.05 Å². The number of carbonyl (C=O) groups is 1. The Balaban J connectivity index is 2.39. The Hall–Kier alpha value is -0.650. The maximum Gasteiger partial charge on any atom is 0.324 e. The lowest BCUT2D eigenvalue weighted by Crippen LogP contribution is -2.55. The highest BCUT2D eigenvalue weighted by atomic mass is 16.5. The van der Waals surface area contributed by atoms with Crippen molar-refractivity contribution in [2.45, 2.75) is 24.8 Å². The molecule has 0 spiro atoms. The van der Waals surface area contributed by atoms with E-state index in [-0.39, 0.29) is 0 Å². The van der Waals surface area contributed by atoms with Crippen molar-refractivity contribution in [1.29, 1.82) is 0 Å². The van der Waals surface area contributed by atoms with Gasteiger partial charge in [0.05, 0.1) is 0 Å². The molecular weight excluding hydrogens is 196 g/mol. The van der Waals surface area contributed by atoms with E-state index in [0.29, 0.717) is 26.1 Å². The maximum absolute atomic E-state index is 11.2. The highest BCUT2D eigenvalue weighted by Crippen LogP contribution is 2.20. The second-order valence-corrected chi connectivity index (χ2v) is 3.88. The minimum absolute atomic E-state index is 0.533. The quantitative estimate of drug-likeness (QED) is 0.537. The highest BCUT2D eigenvalue weighted by molar-refractivity contribution is 5.78. The van der Waals surface area contributed by atoms with E-state index in [9.17, 15) is 9.90 Å². The summed E-state index contributed by atoms with van der Waals surface area (Å²) in [5, 5.41) is 15.4. The Morgan fingerprint density at radius 3 is 2.60 bits per heavy atom. The van der Waals surface area contributed by atoms with Gasteiger partial charge in [-0.1, -0.05) is 0 Å². The fourth-order valence-corrected chi connectivity index (χ4v) is 1.78. The number of nitrogens with one attached hydrogen (secondary N) is 2. The molecule has 1 saturated heterocycles. The van der Waals surface area contributed by atoms with Gasteiger partial charge in [0.2, 0.25) is 0 Å². The van der Waals surface area contributed by atoms with Crippen molar-refractivity contribution >= 4 is 5.97 Å². The molecule has 1 heterocycles. The zero-order valence-electron chi connectivity index (χ0n) is 9.21. The minimum Gasteiger partial charge on any atom is -0.480 e. The van der Waals surface area contributed by atoms with E-state index >= 15 is 0 Å². The van der Waals surface area contributed by atoms with Gasteiger partial charge in [0.15, 0.2) is 0 Å². The van der Waals surface area contributed by atoms with Crippen LogP contribution in [0.4, 0.5) is 0 Å². The summed E-state index contributed by atoms with van der Waals surface area (Å²) in [5.74, 6) is -0.754. The molecule has 1 aliphatic rings. The van der Waals surface area contributed by atoms with Crippen LogP contribution in [0, 0.1) is 0 Å². The number of hydrogen-bond donors (Lipinski definition) is 3. The molecule has 5 heteroatoms. The lowest BCUT2D eigenvalue weighted by molar-refractivity contribution is -0.149. The van der Waals surface area contributed by atoms with Gasteiger partial charge in [-0.05, 0) is 39.4 Å². The average molecular weight is 216 g/mol. The zero-order chi connectivity index (χ0) is 11.1. The van der Waals surface area contributed by atoms with Crippen LogP contribution in [0.5, 0.6) is 0 Å². The molecule has 3 N–H and O–H groups in total. The molecule has 0 unspecified atom stereocenters. The predicted molar refractivity (Wildman–Crippen MR) is 57.0 cm³/mol. The summed E-state index contributed by atoms with van der Waals surface area (Å²) in [6.45, 7) is 2.70. The minimum atomic E-state index is -0.758. The van der Waals surface area contributed by atoms with Crippen LogP contribution in [0.1, 0.15) is 19.3 Å². The van der Waals surface area contributed by atoms with Gasteiger partial charge in [-0.25, -0.2) is 0 Å². The summed E-state index contributed by atoms with van der Waals surface area (Å²) in [6.07, 6.45) is 2.05. The van der Waals surface area contributed by atoms with Crippen LogP contribution in [0.25, 0.3) is 0 Å². The second-order valence-electron chi connectivity index (χ2n) is 3.88. The lowest BCUT2D eigenvalue weighted by Gasteiger charge is -2.34. The standard InChI is InChI=1S/C10H20N2O3/c1-11-5-2-6-12-10(9(13)14)3-7-15-8-4-10/h11-12H,2-8H2,1H3,(H,13,14). The van der Waals surface area contributed by atoms with Crippen molar-refractivity contribution in [3.63, 3.8) is 0 Å². The molecule has 0 saturated carbocycles.